The van der Waals surface area contributed by atoms with Crippen LogP contribution in [0.15, 0.2) is 34.2 Å². The minimum atomic E-state index is -3.60. The zero-order valence-corrected chi connectivity index (χ0v) is 13.6. The zero-order chi connectivity index (χ0) is 15.0. The molecule has 0 saturated carbocycles. The third-order valence-corrected chi connectivity index (χ3v) is 6.33. The summed E-state index contributed by atoms with van der Waals surface area (Å²) in [5.41, 5.74) is 1.46. The number of sulfonamides is 1. The second kappa shape index (κ2) is 5.64. The lowest BCUT2D eigenvalue weighted by Crippen LogP contribution is -2.31. The predicted molar refractivity (Wildman–Crippen MR) is 83.2 cm³/mol. The summed E-state index contributed by atoms with van der Waals surface area (Å²) < 4.78 is 27.7. The highest BCUT2D eigenvalue weighted by atomic mass is 35.5. The van der Waals surface area contributed by atoms with Gasteiger partial charge in [-0.15, -0.1) is 11.8 Å². The molecular weight excluding hydrogens is 330 g/mol. The SMILES string of the molecule is Cc1[nH]ncc1S(=O)(=O)NC1CCSc2ccc(Cl)cc21. The van der Waals surface area contributed by atoms with Gasteiger partial charge < -0.3 is 0 Å². The third-order valence-electron chi connectivity index (χ3n) is 3.38. The molecule has 0 bridgehead atoms. The highest BCUT2D eigenvalue weighted by Crippen LogP contribution is 2.38. The van der Waals surface area contributed by atoms with Gasteiger partial charge in [-0.25, -0.2) is 13.1 Å². The fourth-order valence-corrected chi connectivity index (χ4v) is 5.02. The minimum Gasteiger partial charge on any atom is -0.281 e. The summed E-state index contributed by atoms with van der Waals surface area (Å²) in [7, 11) is -3.60. The Morgan fingerprint density at radius 3 is 3.00 bits per heavy atom. The Bertz CT molecular complexity index is 773. The van der Waals surface area contributed by atoms with Gasteiger partial charge in [-0.05, 0) is 42.9 Å². The van der Waals surface area contributed by atoms with Crippen molar-refractivity contribution in [3.05, 3.63) is 40.7 Å². The van der Waals surface area contributed by atoms with Gasteiger partial charge in [-0.3, -0.25) is 5.10 Å². The van der Waals surface area contributed by atoms with Crippen molar-refractivity contribution in [1.82, 2.24) is 14.9 Å². The molecule has 1 unspecified atom stereocenters. The number of fused-ring (bicyclic) bond motifs is 1. The van der Waals surface area contributed by atoms with Crippen LogP contribution in [0.5, 0.6) is 0 Å². The Hall–Kier alpha value is -1.02. The van der Waals surface area contributed by atoms with Crippen LogP contribution in [0.1, 0.15) is 23.7 Å². The van der Waals surface area contributed by atoms with E-state index in [1.54, 1.807) is 18.7 Å². The molecule has 5 nitrogen and oxygen atoms in total. The van der Waals surface area contributed by atoms with E-state index in [1.165, 1.54) is 6.20 Å². The van der Waals surface area contributed by atoms with E-state index < -0.39 is 10.0 Å². The van der Waals surface area contributed by atoms with E-state index >= 15 is 0 Å². The van der Waals surface area contributed by atoms with Gasteiger partial charge in [0.25, 0.3) is 0 Å². The van der Waals surface area contributed by atoms with Crippen molar-refractivity contribution < 1.29 is 8.42 Å². The Labute approximate surface area is 132 Å². The Kier molecular flexibility index (Phi) is 4.00. The molecule has 0 aliphatic carbocycles. The molecule has 3 rings (SSSR count). The Balaban J connectivity index is 1.94. The van der Waals surface area contributed by atoms with Gasteiger partial charge in [0.15, 0.2) is 0 Å². The number of thioether (sulfide) groups is 1. The van der Waals surface area contributed by atoms with Crippen LogP contribution >= 0.6 is 23.4 Å². The molecule has 2 aromatic rings. The molecule has 1 aromatic heterocycles. The van der Waals surface area contributed by atoms with Crippen LogP contribution in [0.3, 0.4) is 0 Å². The Morgan fingerprint density at radius 2 is 2.29 bits per heavy atom. The molecule has 2 heterocycles. The third kappa shape index (κ3) is 2.96. The first-order valence-corrected chi connectivity index (χ1v) is 9.26. The number of aromatic amines is 1. The first-order chi connectivity index (χ1) is 9.97. The van der Waals surface area contributed by atoms with Gasteiger partial charge >= 0.3 is 0 Å². The second-order valence-corrected chi connectivity index (χ2v) is 8.11. The van der Waals surface area contributed by atoms with E-state index in [1.807, 2.05) is 18.2 Å². The quantitative estimate of drug-likeness (QED) is 0.898. The van der Waals surface area contributed by atoms with Crippen LogP contribution in [0.2, 0.25) is 5.02 Å². The van der Waals surface area contributed by atoms with Crippen molar-refractivity contribution >= 4 is 33.4 Å². The summed E-state index contributed by atoms with van der Waals surface area (Å²) in [5, 5.41) is 7.03. The lowest BCUT2D eigenvalue weighted by Gasteiger charge is -2.25. The number of rotatable bonds is 3. The number of aryl methyl sites for hydroxylation is 1. The highest BCUT2D eigenvalue weighted by Gasteiger charge is 2.27. The zero-order valence-electron chi connectivity index (χ0n) is 11.3. The molecule has 1 aromatic carbocycles. The van der Waals surface area contributed by atoms with E-state index in [-0.39, 0.29) is 10.9 Å². The first kappa shape index (κ1) is 14.9. The molecular formula is C13H14ClN3O2S2. The molecule has 1 atom stereocenters. The maximum atomic E-state index is 12.5. The van der Waals surface area contributed by atoms with E-state index in [0.29, 0.717) is 10.7 Å². The summed E-state index contributed by atoms with van der Waals surface area (Å²) >= 11 is 7.75. The number of halogens is 1. The van der Waals surface area contributed by atoms with Crippen LogP contribution < -0.4 is 4.72 Å². The average molecular weight is 344 g/mol. The molecule has 0 fully saturated rings. The van der Waals surface area contributed by atoms with E-state index in [9.17, 15) is 8.42 Å². The number of aromatic nitrogens is 2. The van der Waals surface area contributed by atoms with Crippen molar-refractivity contribution in [1.29, 1.82) is 0 Å². The summed E-state index contributed by atoms with van der Waals surface area (Å²) in [5.74, 6) is 0.867. The maximum absolute atomic E-state index is 12.5. The molecule has 1 aliphatic rings. The Morgan fingerprint density at radius 1 is 1.48 bits per heavy atom. The molecule has 21 heavy (non-hydrogen) atoms. The highest BCUT2D eigenvalue weighted by molar-refractivity contribution is 7.99. The molecule has 1 aliphatic heterocycles. The average Bonchev–Trinajstić information content (AvgIpc) is 2.86. The van der Waals surface area contributed by atoms with Crippen molar-refractivity contribution in [3.8, 4) is 0 Å². The van der Waals surface area contributed by atoms with Crippen LogP contribution in [0, 0.1) is 6.92 Å². The largest absolute Gasteiger partial charge is 0.281 e. The number of hydrogen-bond acceptors (Lipinski definition) is 4. The topological polar surface area (TPSA) is 74.8 Å². The molecule has 2 N–H and O–H groups in total. The lowest BCUT2D eigenvalue weighted by molar-refractivity contribution is 0.545. The van der Waals surface area contributed by atoms with Crippen LogP contribution in [0.4, 0.5) is 0 Å². The van der Waals surface area contributed by atoms with E-state index in [2.05, 4.69) is 14.9 Å². The van der Waals surface area contributed by atoms with Gasteiger partial charge in [0.05, 0.1) is 11.9 Å². The normalized spacial score (nSPS) is 18.5. The van der Waals surface area contributed by atoms with Gasteiger partial charge in [0.2, 0.25) is 10.0 Å². The van der Waals surface area contributed by atoms with E-state index in [0.717, 1.165) is 22.6 Å². The monoisotopic (exact) mass is 343 g/mol. The number of hydrogen-bond donors (Lipinski definition) is 2. The van der Waals surface area contributed by atoms with Crippen LogP contribution in [-0.4, -0.2) is 24.4 Å². The smallest absolute Gasteiger partial charge is 0.244 e. The van der Waals surface area contributed by atoms with E-state index in [4.69, 9.17) is 11.6 Å². The van der Waals surface area contributed by atoms with Gasteiger partial charge in [-0.2, -0.15) is 5.10 Å². The molecule has 0 radical (unpaired) electrons. The van der Waals surface area contributed by atoms with Gasteiger partial charge in [0.1, 0.15) is 4.90 Å². The molecule has 0 amide bonds. The second-order valence-electron chi connectivity index (χ2n) is 4.85. The van der Waals surface area contributed by atoms with Gasteiger partial charge in [0, 0.05) is 16.0 Å². The maximum Gasteiger partial charge on any atom is 0.244 e. The number of benzene rings is 1. The van der Waals surface area contributed by atoms with Crippen molar-refractivity contribution in [2.45, 2.75) is 29.2 Å². The fraction of sp³-hybridized carbons (Fsp3) is 0.308. The number of H-pyrrole nitrogens is 1. The number of nitrogens with zero attached hydrogens (tertiary/aromatic N) is 1. The standard InChI is InChI=1S/C13H14ClN3O2S2/c1-8-13(7-15-16-8)21(18,19)17-11-4-5-20-12-3-2-9(14)6-10(11)12/h2-3,6-7,11,17H,4-5H2,1H3,(H,15,16). The van der Waals surface area contributed by atoms with Crippen LogP contribution in [0.25, 0.3) is 0 Å². The lowest BCUT2D eigenvalue weighted by atomic mass is 10.1. The van der Waals surface area contributed by atoms with Crippen LogP contribution in [-0.2, 0) is 10.0 Å². The molecule has 0 spiro atoms. The van der Waals surface area contributed by atoms with Gasteiger partial charge in [-0.1, -0.05) is 11.6 Å². The summed E-state index contributed by atoms with van der Waals surface area (Å²) in [6, 6.07) is 5.33. The predicted octanol–water partition coefficient (Wildman–Crippen LogP) is 2.89. The van der Waals surface area contributed by atoms with Crippen molar-refractivity contribution in [2.75, 3.05) is 5.75 Å². The van der Waals surface area contributed by atoms with Crippen molar-refractivity contribution in [2.24, 2.45) is 0 Å². The first-order valence-electron chi connectivity index (χ1n) is 6.42. The summed E-state index contributed by atoms with van der Waals surface area (Å²) in [6.45, 7) is 1.68. The minimum absolute atomic E-state index is 0.185. The molecule has 112 valence electrons. The fourth-order valence-electron chi connectivity index (χ4n) is 2.35. The van der Waals surface area contributed by atoms with Crippen molar-refractivity contribution in [3.63, 3.8) is 0 Å². The summed E-state index contributed by atoms with van der Waals surface area (Å²) in [4.78, 5) is 1.26. The molecule has 8 heteroatoms. The summed E-state index contributed by atoms with van der Waals surface area (Å²) in [6.07, 6.45) is 2.06. The number of nitrogens with one attached hydrogen (secondary N) is 2. The molecule has 0 saturated heterocycles.